The van der Waals surface area contributed by atoms with E-state index in [1.54, 1.807) is 31.2 Å². The van der Waals surface area contributed by atoms with Crippen molar-refractivity contribution < 1.29 is 63.0 Å². The number of nitrogens with zero attached hydrogens (tertiary/aromatic N) is 4. The molecule has 9 amide bonds. The molecule has 2 unspecified atom stereocenters. The van der Waals surface area contributed by atoms with Gasteiger partial charge in [-0.15, -0.1) is 0 Å². The molecule has 2 saturated carbocycles. The first-order valence-electron chi connectivity index (χ1n) is 30.0. The fourth-order valence-electron chi connectivity index (χ4n) is 11.0. The zero-order valence-electron chi connectivity index (χ0n) is 49.3. The highest BCUT2D eigenvalue weighted by Gasteiger charge is 2.32. The van der Waals surface area contributed by atoms with Crippen LogP contribution < -0.4 is 27.0 Å². The van der Waals surface area contributed by atoms with Crippen LogP contribution in [0.15, 0.2) is 84.9 Å². The number of fused-ring (bicyclic) bond motifs is 29. The third-order valence-electron chi connectivity index (χ3n) is 15.6. The molecular weight excluding hydrogens is 1120 g/mol. The number of hydrogen-bond acceptors (Lipinski definition) is 12. The lowest BCUT2D eigenvalue weighted by Gasteiger charge is -2.32. The van der Waals surface area contributed by atoms with Gasteiger partial charge in [0.15, 0.2) is 0 Å². The van der Waals surface area contributed by atoms with Gasteiger partial charge in [-0.3, -0.25) is 52.7 Å². The van der Waals surface area contributed by atoms with Gasteiger partial charge in [0, 0.05) is 87.4 Å². The first-order valence-corrected chi connectivity index (χ1v) is 31.2. The molecule has 0 aromatic heterocycles. The SMILES string of the molecule is C[C@H]1CN(C(=O)CC2CC2)CC(=O)N[C@@H](CCC(=O)O)CN(C(=O)CCC2CCCCC2)CC(=O)NC(Cc2ccccc2)CN(CC(N)=O)C(=O)CCSCc2ccc(cc2)C(=O)NC(Cc2ccccc2)CN(C(=O)CCC(=O)O)CC(=O)N1. The smallest absolute Gasteiger partial charge is 0.303 e. The van der Waals surface area contributed by atoms with Gasteiger partial charge < -0.3 is 56.8 Å². The first kappa shape index (κ1) is 67.3. The van der Waals surface area contributed by atoms with E-state index in [0.29, 0.717) is 29.4 Å². The summed E-state index contributed by atoms with van der Waals surface area (Å²) in [5.74, 6) is -6.23. The van der Waals surface area contributed by atoms with Crippen LogP contribution in [-0.2, 0) is 66.5 Å². The summed E-state index contributed by atoms with van der Waals surface area (Å²) >= 11 is 1.44. The first-order chi connectivity index (χ1) is 41.2. The summed E-state index contributed by atoms with van der Waals surface area (Å²) in [6.07, 6.45) is 6.43. The summed E-state index contributed by atoms with van der Waals surface area (Å²) in [6, 6.07) is 21.8. The predicted molar refractivity (Wildman–Crippen MR) is 323 cm³/mol. The van der Waals surface area contributed by atoms with Crippen LogP contribution in [0.25, 0.3) is 0 Å². The summed E-state index contributed by atoms with van der Waals surface area (Å²) in [5, 5.41) is 31.1. The Hall–Kier alpha value is -7.82. The molecule has 2 aliphatic heterocycles. The van der Waals surface area contributed by atoms with Gasteiger partial charge in [0.05, 0.1) is 44.7 Å². The van der Waals surface area contributed by atoms with E-state index in [1.807, 2.05) is 60.7 Å². The van der Waals surface area contributed by atoms with Crippen LogP contribution in [0.1, 0.15) is 130 Å². The van der Waals surface area contributed by atoms with Crippen molar-refractivity contribution >= 4 is 76.9 Å². The number of hydrogen-bond donors (Lipinski definition) is 7. The average Bonchev–Trinajstić information content (AvgIpc) is 4.35. The lowest BCUT2D eigenvalue weighted by molar-refractivity contribution is -0.142. The van der Waals surface area contributed by atoms with E-state index >= 15 is 0 Å². The molecule has 2 heterocycles. The van der Waals surface area contributed by atoms with E-state index < -0.39 is 123 Å². The number of carbonyl (C=O) groups excluding carboxylic acids is 9. The zero-order valence-corrected chi connectivity index (χ0v) is 50.1. The monoisotopic (exact) mass is 1210 g/mol. The molecule has 2 aliphatic carbocycles. The van der Waals surface area contributed by atoms with Gasteiger partial charge in [-0.1, -0.05) is 105 Å². The second-order valence-corrected chi connectivity index (χ2v) is 24.2. The molecule has 22 nitrogen and oxygen atoms in total. The number of carbonyl (C=O) groups is 11. The number of carboxylic acid groups (broad SMARTS) is 2. The van der Waals surface area contributed by atoms with Crippen molar-refractivity contribution in [2.45, 2.75) is 146 Å². The van der Waals surface area contributed by atoms with Crippen molar-refractivity contribution in [3.63, 3.8) is 0 Å². The van der Waals surface area contributed by atoms with Crippen LogP contribution in [0, 0.1) is 11.8 Å². The number of thioether (sulfide) groups is 1. The van der Waals surface area contributed by atoms with Crippen LogP contribution in [-0.4, -0.2) is 177 Å². The molecule has 466 valence electrons. The van der Waals surface area contributed by atoms with E-state index in [2.05, 4.69) is 21.3 Å². The molecule has 0 spiro atoms. The van der Waals surface area contributed by atoms with Gasteiger partial charge in [0.25, 0.3) is 5.91 Å². The Labute approximate surface area is 507 Å². The van der Waals surface area contributed by atoms with Crippen molar-refractivity contribution in [3.05, 3.63) is 107 Å². The van der Waals surface area contributed by atoms with Crippen molar-refractivity contribution in [1.29, 1.82) is 0 Å². The second kappa shape index (κ2) is 35.0. The Morgan fingerprint density at radius 2 is 1.09 bits per heavy atom. The number of primary amides is 1. The number of benzene rings is 3. The fourth-order valence-corrected chi connectivity index (χ4v) is 11.8. The topological polar surface area (TPSA) is 315 Å². The molecule has 2 bridgehead atoms. The molecule has 86 heavy (non-hydrogen) atoms. The molecule has 23 heteroatoms. The minimum absolute atomic E-state index is 0.00290. The normalized spacial score (nSPS) is 21.0. The fraction of sp³-hybridized carbons (Fsp3) is 0.540. The van der Waals surface area contributed by atoms with E-state index in [9.17, 15) is 63.0 Å². The van der Waals surface area contributed by atoms with E-state index in [0.717, 1.165) is 61.6 Å². The van der Waals surface area contributed by atoms with Crippen molar-refractivity contribution in [2.75, 3.05) is 58.1 Å². The van der Waals surface area contributed by atoms with Crippen molar-refractivity contribution in [1.82, 2.24) is 40.9 Å². The molecule has 7 rings (SSSR count). The van der Waals surface area contributed by atoms with Crippen LogP contribution in [0.2, 0.25) is 0 Å². The minimum Gasteiger partial charge on any atom is -0.481 e. The molecular formula is C63H85N9O13S. The Balaban J connectivity index is 1.32. The van der Waals surface area contributed by atoms with Gasteiger partial charge in [-0.2, -0.15) is 11.8 Å². The highest BCUT2D eigenvalue weighted by Crippen LogP contribution is 2.33. The highest BCUT2D eigenvalue weighted by molar-refractivity contribution is 7.98. The highest BCUT2D eigenvalue weighted by atomic mass is 32.2. The maximum absolute atomic E-state index is 14.4. The average molecular weight is 1210 g/mol. The largest absolute Gasteiger partial charge is 0.481 e. The van der Waals surface area contributed by atoms with Crippen LogP contribution in [0.3, 0.4) is 0 Å². The Morgan fingerprint density at radius 1 is 0.558 bits per heavy atom. The predicted octanol–water partition coefficient (Wildman–Crippen LogP) is 4.07. The Bertz CT molecular complexity index is 2780. The van der Waals surface area contributed by atoms with Crippen LogP contribution in [0.5, 0.6) is 0 Å². The summed E-state index contributed by atoms with van der Waals surface area (Å²) in [5.41, 5.74) is 8.47. The summed E-state index contributed by atoms with van der Waals surface area (Å²) in [6.45, 7) is -1.13. The Kier molecular flexibility index (Phi) is 27.4. The number of carboxylic acids is 2. The number of nitrogens with two attached hydrogens (primary N) is 1. The Morgan fingerprint density at radius 3 is 1.66 bits per heavy atom. The van der Waals surface area contributed by atoms with Crippen LogP contribution in [0.4, 0.5) is 0 Å². The third-order valence-corrected chi connectivity index (χ3v) is 16.6. The zero-order chi connectivity index (χ0) is 62.0. The number of amides is 9. The molecule has 3 aromatic carbocycles. The van der Waals surface area contributed by atoms with E-state index in [-0.39, 0.29) is 82.4 Å². The lowest BCUT2D eigenvalue weighted by atomic mass is 9.86. The van der Waals surface area contributed by atoms with Crippen LogP contribution >= 0.6 is 11.8 Å². The number of nitrogens with one attached hydrogen (secondary N) is 4. The summed E-state index contributed by atoms with van der Waals surface area (Å²) in [7, 11) is 0. The molecule has 0 radical (unpaired) electrons. The molecule has 0 saturated heterocycles. The standard InChI is InChI=1S/C63H85N9O13S/c1-43-34-69(60(80)33-47-17-18-47)40-55(75)66-50(24-27-61(81)82)35-71(57(77)25-21-44-11-5-2-6-12-44)41-56(76)67-51(31-45-13-7-3-8-14-45)36-70(38-53(64)73)59(79)29-30-86-42-48-19-22-49(23-20-48)63(85)68-52(32-46-15-9-4-10-16-46)37-72(39-54(74)65-43)58(78)26-28-62(83)84/h3-4,7-10,13-16,19-20,22-23,43-44,47,50-52H,2,5-6,11-12,17-18,21,24-42H2,1H3,(H2,64,73)(H,65,74)(H,66,75)(H,67,76)(H,68,85)(H,81,82)(H,83,84)/t43-,50-,51?,52?/m0/s1. The van der Waals surface area contributed by atoms with Gasteiger partial charge in [-0.05, 0) is 86.1 Å². The number of rotatable bonds is 17. The summed E-state index contributed by atoms with van der Waals surface area (Å²) in [4.78, 5) is 154. The lowest BCUT2D eigenvalue weighted by Crippen LogP contribution is -2.54. The minimum atomic E-state index is -1.23. The van der Waals surface area contributed by atoms with E-state index in [1.165, 1.54) is 31.4 Å². The van der Waals surface area contributed by atoms with E-state index in [4.69, 9.17) is 5.73 Å². The van der Waals surface area contributed by atoms with Crippen molar-refractivity contribution in [2.24, 2.45) is 17.6 Å². The summed E-state index contributed by atoms with van der Waals surface area (Å²) < 4.78 is 0. The molecule has 8 N–H and O–H groups in total. The van der Waals surface area contributed by atoms with Crippen molar-refractivity contribution in [3.8, 4) is 0 Å². The number of aliphatic carboxylic acids is 2. The molecule has 4 aliphatic rings. The second-order valence-electron chi connectivity index (χ2n) is 23.1. The van der Waals surface area contributed by atoms with Gasteiger partial charge in [0.2, 0.25) is 47.3 Å². The molecule has 4 atom stereocenters. The maximum Gasteiger partial charge on any atom is 0.303 e. The van der Waals surface area contributed by atoms with Gasteiger partial charge in [-0.25, -0.2) is 0 Å². The quantitative estimate of drug-likeness (QED) is 0.0938. The molecule has 2 fully saturated rings. The third kappa shape index (κ3) is 25.0. The molecule has 3 aromatic rings. The van der Waals surface area contributed by atoms with Gasteiger partial charge >= 0.3 is 11.9 Å². The van der Waals surface area contributed by atoms with Gasteiger partial charge in [0.1, 0.15) is 0 Å². The maximum atomic E-state index is 14.4.